The van der Waals surface area contributed by atoms with Gasteiger partial charge < -0.3 is 10.2 Å². The van der Waals surface area contributed by atoms with E-state index in [4.69, 9.17) is 0 Å². The second-order valence-electron chi connectivity index (χ2n) is 6.16. The fourth-order valence-electron chi connectivity index (χ4n) is 3.03. The second-order valence-corrected chi connectivity index (χ2v) is 6.16. The quantitative estimate of drug-likeness (QED) is 0.821. The molecule has 1 aromatic heterocycles. The number of hydrogen-bond acceptors (Lipinski definition) is 3. The molecule has 0 aromatic carbocycles. The molecule has 1 fully saturated rings. The molecule has 0 radical (unpaired) electrons. The van der Waals surface area contributed by atoms with Crippen molar-refractivity contribution in [3.05, 3.63) is 23.9 Å². The molecule has 1 aromatic rings. The number of pyridine rings is 1. The average Bonchev–Trinajstić information content (AvgIpc) is 2.97. The number of nitrogens with zero attached hydrogens (tertiary/aromatic N) is 2. The third-order valence-corrected chi connectivity index (χ3v) is 4.37. The number of anilines is 1. The molecule has 0 saturated heterocycles. The fraction of sp³-hybridized carbons (Fsp3) is 0.706. The normalized spacial score (nSPS) is 17.4. The zero-order chi connectivity index (χ0) is 14.4. The first-order valence-corrected chi connectivity index (χ1v) is 8.11. The van der Waals surface area contributed by atoms with E-state index >= 15 is 0 Å². The highest BCUT2D eigenvalue weighted by Gasteiger charge is 2.17. The van der Waals surface area contributed by atoms with Gasteiger partial charge in [-0.15, -0.1) is 0 Å². The van der Waals surface area contributed by atoms with Gasteiger partial charge in [-0.25, -0.2) is 4.98 Å². The van der Waals surface area contributed by atoms with Crippen LogP contribution in [0.25, 0.3) is 0 Å². The molecule has 1 atom stereocenters. The fourth-order valence-corrected chi connectivity index (χ4v) is 3.03. The first-order chi connectivity index (χ1) is 9.70. The molecular formula is C17H29N3. The molecular weight excluding hydrogens is 246 g/mol. The molecule has 1 N–H and O–H groups in total. The summed E-state index contributed by atoms with van der Waals surface area (Å²) in [5.74, 6) is 1.97. The van der Waals surface area contributed by atoms with Gasteiger partial charge in [-0.05, 0) is 50.3 Å². The van der Waals surface area contributed by atoms with Gasteiger partial charge >= 0.3 is 0 Å². The Balaban J connectivity index is 1.89. The minimum Gasteiger partial charge on any atom is -0.359 e. The minimum absolute atomic E-state index is 0.386. The van der Waals surface area contributed by atoms with Crippen LogP contribution in [0.2, 0.25) is 0 Å². The molecule has 1 aliphatic carbocycles. The molecule has 1 unspecified atom stereocenters. The summed E-state index contributed by atoms with van der Waals surface area (Å²) in [6, 6.07) is 4.76. The minimum atomic E-state index is 0.386. The van der Waals surface area contributed by atoms with Crippen LogP contribution in [0.15, 0.2) is 18.3 Å². The van der Waals surface area contributed by atoms with Gasteiger partial charge in [0.2, 0.25) is 0 Å². The molecule has 0 spiro atoms. The molecule has 3 heteroatoms. The van der Waals surface area contributed by atoms with Crippen LogP contribution in [-0.4, -0.2) is 25.1 Å². The third kappa shape index (κ3) is 4.20. The van der Waals surface area contributed by atoms with Crippen molar-refractivity contribution in [2.45, 2.75) is 52.0 Å². The highest BCUT2D eigenvalue weighted by Crippen LogP contribution is 2.26. The lowest BCUT2D eigenvalue weighted by Crippen LogP contribution is -2.25. The predicted molar refractivity (Wildman–Crippen MR) is 86.2 cm³/mol. The maximum absolute atomic E-state index is 4.64. The van der Waals surface area contributed by atoms with Gasteiger partial charge in [-0.2, -0.15) is 0 Å². The van der Waals surface area contributed by atoms with Gasteiger partial charge in [-0.3, -0.25) is 0 Å². The van der Waals surface area contributed by atoms with E-state index in [0.29, 0.717) is 6.04 Å². The monoisotopic (exact) mass is 275 g/mol. The van der Waals surface area contributed by atoms with Gasteiger partial charge in [0.15, 0.2) is 0 Å². The van der Waals surface area contributed by atoms with E-state index in [-0.39, 0.29) is 0 Å². The van der Waals surface area contributed by atoms with Crippen molar-refractivity contribution < 1.29 is 0 Å². The van der Waals surface area contributed by atoms with E-state index in [2.05, 4.69) is 48.2 Å². The second kappa shape index (κ2) is 7.63. The molecule has 1 heterocycles. The standard InChI is InChI=1S/C17H29N3/c1-4-11-18-14(2)16-9-10-17(19-12-16)20(3)13-15-7-5-6-8-15/h9-10,12,14-15,18H,4-8,11,13H2,1-3H3. The highest BCUT2D eigenvalue weighted by molar-refractivity contribution is 5.38. The Morgan fingerprint density at radius 3 is 2.70 bits per heavy atom. The molecule has 3 nitrogen and oxygen atoms in total. The Hall–Kier alpha value is -1.09. The van der Waals surface area contributed by atoms with Crippen LogP contribution in [0.1, 0.15) is 57.6 Å². The van der Waals surface area contributed by atoms with Crippen LogP contribution < -0.4 is 10.2 Å². The van der Waals surface area contributed by atoms with Crippen LogP contribution >= 0.6 is 0 Å². The van der Waals surface area contributed by atoms with Crippen molar-refractivity contribution in [2.24, 2.45) is 5.92 Å². The molecule has 2 rings (SSSR count). The maximum Gasteiger partial charge on any atom is 0.128 e. The third-order valence-electron chi connectivity index (χ3n) is 4.37. The van der Waals surface area contributed by atoms with Crippen LogP contribution in [0, 0.1) is 5.92 Å². The van der Waals surface area contributed by atoms with Gasteiger partial charge in [0.1, 0.15) is 5.82 Å². The summed E-state index contributed by atoms with van der Waals surface area (Å²) in [4.78, 5) is 6.95. The molecule has 112 valence electrons. The Labute approximate surface area is 123 Å². The lowest BCUT2D eigenvalue weighted by Gasteiger charge is -2.22. The summed E-state index contributed by atoms with van der Waals surface area (Å²) >= 11 is 0. The average molecular weight is 275 g/mol. The summed E-state index contributed by atoms with van der Waals surface area (Å²) in [6.45, 7) is 6.61. The summed E-state index contributed by atoms with van der Waals surface area (Å²) < 4.78 is 0. The molecule has 0 amide bonds. The van der Waals surface area contributed by atoms with Crippen molar-refractivity contribution in [1.29, 1.82) is 0 Å². The Bertz CT molecular complexity index is 382. The van der Waals surface area contributed by atoms with Crippen molar-refractivity contribution in [1.82, 2.24) is 10.3 Å². The van der Waals surface area contributed by atoms with Crippen LogP contribution in [0.5, 0.6) is 0 Å². The van der Waals surface area contributed by atoms with E-state index in [1.54, 1.807) is 0 Å². The van der Waals surface area contributed by atoms with Crippen molar-refractivity contribution in [3.8, 4) is 0 Å². The largest absolute Gasteiger partial charge is 0.359 e. The smallest absolute Gasteiger partial charge is 0.128 e. The van der Waals surface area contributed by atoms with E-state index in [9.17, 15) is 0 Å². The predicted octanol–water partition coefficient (Wildman–Crippen LogP) is 3.77. The number of hydrogen-bond donors (Lipinski definition) is 1. The van der Waals surface area contributed by atoms with Gasteiger partial charge in [0.25, 0.3) is 0 Å². The van der Waals surface area contributed by atoms with E-state index in [1.807, 2.05) is 6.20 Å². The van der Waals surface area contributed by atoms with Crippen LogP contribution in [-0.2, 0) is 0 Å². The van der Waals surface area contributed by atoms with Crippen molar-refractivity contribution in [2.75, 3.05) is 25.0 Å². The van der Waals surface area contributed by atoms with Gasteiger partial charge in [-0.1, -0.05) is 25.8 Å². The summed E-state index contributed by atoms with van der Waals surface area (Å²) in [6.07, 6.45) is 8.78. The SMILES string of the molecule is CCCNC(C)c1ccc(N(C)CC2CCCC2)nc1. The van der Waals surface area contributed by atoms with E-state index in [0.717, 1.165) is 24.8 Å². The molecule has 0 aliphatic heterocycles. The van der Waals surface area contributed by atoms with Crippen molar-refractivity contribution >= 4 is 5.82 Å². The van der Waals surface area contributed by atoms with Crippen LogP contribution in [0.4, 0.5) is 5.82 Å². The number of nitrogens with one attached hydrogen (secondary N) is 1. The van der Waals surface area contributed by atoms with Crippen molar-refractivity contribution in [3.63, 3.8) is 0 Å². The first kappa shape index (κ1) is 15.3. The van der Waals surface area contributed by atoms with Gasteiger partial charge in [0.05, 0.1) is 0 Å². The zero-order valence-corrected chi connectivity index (χ0v) is 13.2. The summed E-state index contributed by atoms with van der Waals surface area (Å²) in [5, 5.41) is 3.50. The topological polar surface area (TPSA) is 28.2 Å². The first-order valence-electron chi connectivity index (χ1n) is 8.11. The molecule has 1 aliphatic rings. The Kier molecular flexibility index (Phi) is 5.84. The lowest BCUT2D eigenvalue weighted by molar-refractivity contribution is 0.544. The van der Waals surface area contributed by atoms with Crippen LogP contribution in [0.3, 0.4) is 0 Å². The Morgan fingerprint density at radius 2 is 2.10 bits per heavy atom. The zero-order valence-electron chi connectivity index (χ0n) is 13.2. The highest BCUT2D eigenvalue weighted by atomic mass is 15.2. The van der Waals surface area contributed by atoms with Gasteiger partial charge in [0, 0.05) is 25.8 Å². The summed E-state index contributed by atoms with van der Waals surface area (Å²) in [5.41, 5.74) is 1.27. The maximum atomic E-state index is 4.64. The Morgan fingerprint density at radius 1 is 1.35 bits per heavy atom. The van der Waals surface area contributed by atoms with E-state index < -0.39 is 0 Å². The molecule has 1 saturated carbocycles. The molecule has 0 bridgehead atoms. The number of rotatable bonds is 7. The molecule has 20 heavy (non-hydrogen) atoms. The summed E-state index contributed by atoms with van der Waals surface area (Å²) in [7, 11) is 2.17. The lowest BCUT2D eigenvalue weighted by atomic mass is 10.1. The number of aromatic nitrogens is 1. The van der Waals surface area contributed by atoms with E-state index in [1.165, 1.54) is 37.7 Å².